The molecule has 1 atom stereocenters. The highest BCUT2D eigenvalue weighted by atomic mass is 16.2. The van der Waals surface area contributed by atoms with Gasteiger partial charge in [0.15, 0.2) is 0 Å². The van der Waals surface area contributed by atoms with E-state index < -0.39 is 0 Å². The third-order valence-corrected chi connectivity index (χ3v) is 4.87. The fourth-order valence-corrected chi connectivity index (χ4v) is 3.16. The summed E-state index contributed by atoms with van der Waals surface area (Å²) in [6.45, 7) is 10.2. The standard InChI is InChI=1S/C18H29N3O/c1-14(2)7-6-9-18(4)10-8-17(22)21(13-18)12-16-11-19-20(5)15(16)3/h7,11H,6,8-10,12-13H2,1-5H3/t18-/m1/s1. The third-order valence-electron chi connectivity index (χ3n) is 4.87. The summed E-state index contributed by atoms with van der Waals surface area (Å²) in [6.07, 6.45) is 8.12. The highest BCUT2D eigenvalue weighted by Gasteiger charge is 2.34. The Balaban J connectivity index is 2.03. The van der Waals surface area contributed by atoms with E-state index in [1.165, 1.54) is 5.57 Å². The maximum atomic E-state index is 12.3. The van der Waals surface area contributed by atoms with E-state index in [9.17, 15) is 4.79 Å². The summed E-state index contributed by atoms with van der Waals surface area (Å²) in [5.41, 5.74) is 3.91. The van der Waals surface area contributed by atoms with Gasteiger partial charge in [-0.2, -0.15) is 5.10 Å². The molecule has 1 aliphatic rings. The summed E-state index contributed by atoms with van der Waals surface area (Å²) in [5.74, 6) is 0.281. The zero-order valence-electron chi connectivity index (χ0n) is 14.6. The van der Waals surface area contributed by atoms with Crippen LogP contribution in [0.1, 0.15) is 57.7 Å². The molecular formula is C18H29N3O. The number of likely N-dealkylation sites (tertiary alicyclic amines) is 1. The maximum Gasteiger partial charge on any atom is 0.222 e. The van der Waals surface area contributed by atoms with Gasteiger partial charge in [0.05, 0.1) is 6.20 Å². The number of hydrogen-bond donors (Lipinski definition) is 0. The smallest absolute Gasteiger partial charge is 0.222 e. The van der Waals surface area contributed by atoms with Crippen LogP contribution in [0.5, 0.6) is 0 Å². The second-order valence-corrected chi connectivity index (χ2v) is 7.26. The third kappa shape index (κ3) is 3.99. The molecule has 2 rings (SSSR count). The molecule has 1 amide bonds. The van der Waals surface area contributed by atoms with Crippen LogP contribution in [0.4, 0.5) is 0 Å². The van der Waals surface area contributed by atoms with Crippen molar-refractivity contribution in [1.82, 2.24) is 14.7 Å². The molecule has 122 valence electrons. The summed E-state index contributed by atoms with van der Waals surface area (Å²) in [7, 11) is 1.94. The van der Waals surface area contributed by atoms with Crippen molar-refractivity contribution in [3.05, 3.63) is 29.1 Å². The Morgan fingerprint density at radius 2 is 2.18 bits per heavy atom. The van der Waals surface area contributed by atoms with Gasteiger partial charge >= 0.3 is 0 Å². The highest BCUT2D eigenvalue weighted by Crippen LogP contribution is 2.35. The number of amides is 1. The molecule has 22 heavy (non-hydrogen) atoms. The number of aryl methyl sites for hydroxylation is 1. The molecule has 0 spiro atoms. The topological polar surface area (TPSA) is 38.1 Å². The first-order chi connectivity index (χ1) is 10.3. The summed E-state index contributed by atoms with van der Waals surface area (Å²) >= 11 is 0. The number of nitrogens with zero attached hydrogens (tertiary/aromatic N) is 3. The molecule has 0 aliphatic carbocycles. The minimum Gasteiger partial charge on any atom is -0.338 e. The Morgan fingerprint density at radius 3 is 2.77 bits per heavy atom. The molecule has 0 saturated carbocycles. The van der Waals surface area contributed by atoms with Gasteiger partial charge in [0.1, 0.15) is 0 Å². The Bertz CT molecular complexity index is 569. The number of hydrogen-bond acceptors (Lipinski definition) is 2. The SMILES string of the molecule is CC(C)=CCC[C@]1(C)CCC(=O)N(Cc2cnn(C)c2C)C1. The predicted molar refractivity (Wildman–Crippen MR) is 89.4 cm³/mol. The van der Waals surface area contributed by atoms with Crippen LogP contribution >= 0.6 is 0 Å². The van der Waals surface area contributed by atoms with Crippen molar-refractivity contribution in [2.75, 3.05) is 6.54 Å². The number of rotatable bonds is 5. The van der Waals surface area contributed by atoms with Gasteiger partial charge in [-0.05, 0) is 45.4 Å². The monoisotopic (exact) mass is 303 g/mol. The lowest BCUT2D eigenvalue weighted by molar-refractivity contribution is -0.138. The van der Waals surface area contributed by atoms with Crippen molar-refractivity contribution < 1.29 is 4.79 Å². The molecule has 1 saturated heterocycles. The molecular weight excluding hydrogens is 274 g/mol. The molecule has 0 aromatic carbocycles. The Kier molecular flexibility index (Phi) is 5.09. The second kappa shape index (κ2) is 6.67. The average Bonchev–Trinajstić information content (AvgIpc) is 2.75. The quantitative estimate of drug-likeness (QED) is 0.779. The summed E-state index contributed by atoms with van der Waals surface area (Å²) in [6, 6.07) is 0. The Hall–Kier alpha value is -1.58. The lowest BCUT2D eigenvalue weighted by Gasteiger charge is -2.40. The van der Waals surface area contributed by atoms with Gasteiger partial charge < -0.3 is 4.90 Å². The molecule has 1 aromatic heterocycles. The number of carbonyl (C=O) groups excluding carboxylic acids is 1. The van der Waals surface area contributed by atoms with Crippen LogP contribution < -0.4 is 0 Å². The normalized spacial score (nSPS) is 22.0. The Morgan fingerprint density at radius 1 is 1.45 bits per heavy atom. The van der Waals surface area contributed by atoms with Crippen molar-refractivity contribution >= 4 is 5.91 Å². The highest BCUT2D eigenvalue weighted by molar-refractivity contribution is 5.77. The van der Waals surface area contributed by atoms with Crippen molar-refractivity contribution in [2.24, 2.45) is 12.5 Å². The van der Waals surface area contributed by atoms with Crippen molar-refractivity contribution in [3.8, 4) is 0 Å². The Labute approximate surface area is 134 Å². The fraction of sp³-hybridized carbons (Fsp3) is 0.667. The van der Waals surface area contributed by atoms with Gasteiger partial charge in [0.2, 0.25) is 5.91 Å². The lowest BCUT2D eigenvalue weighted by Crippen LogP contribution is -2.44. The van der Waals surface area contributed by atoms with E-state index in [1.807, 2.05) is 22.8 Å². The van der Waals surface area contributed by atoms with Crippen molar-refractivity contribution in [3.63, 3.8) is 0 Å². The van der Waals surface area contributed by atoms with E-state index in [0.717, 1.165) is 37.1 Å². The summed E-state index contributed by atoms with van der Waals surface area (Å²) in [4.78, 5) is 14.3. The van der Waals surface area contributed by atoms with E-state index in [1.54, 1.807) is 0 Å². The zero-order valence-corrected chi connectivity index (χ0v) is 14.6. The van der Waals surface area contributed by atoms with E-state index in [4.69, 9.17) is 0 Å². The van der Waals surface area contributed by atoms with Crippen LogP contribution in [0.3, 0.4) is 0 Å². The first kappa shape index (κ1) is 16.8. The number of carbonyl (C=O) groups is 1. The lowest BCUT2D eigenvalue weighted by atomic mass is 9.77. The van der Waals surface area contributed by atoms with Crippen LogP contribution in [0.15, 0.2) is 17.8 Å². The van der Waals surface area contributed by atoms with Crippen molar-refractivity contribution in [2.45, 2.75) is 59.9 Å². The molecule has 2 heterocycles. The number of allylic oxidation sites excluding steroid dienone is 2. The zero-order chi connectivity index (χ0) is 16.3. The van der Waals surface area contributed by atoms with Crippen LogP contribution in [0.25, 0.3) is 0 Å². The molecule has 0 unspecified atom stereocenters. The van der Waals surface area contributed by atoms with Gasteiger partial charge in [-0.3, -0.25) is 9.48 Å². The minimum atomic E-state index is 0.232. The van der Waals surface area contributed by atoms with E-state index in [0.29, 0.717) is 13.0 Å². The van der Waals surface area contributed by atoms with E-state index in [-0.39, 0.29) is 11.3 Å². The first-order valence-corrected chi connectivity index (χ1v) is 8.19. The molecule has 1 aromatic rings. The van der Waals surface area contributed by atoms with Gasteiger partial charge in [-0.25, -0.2) is 0 Å². The second-order valence-electron chi connectivity index (χ2n) is 7.26. The van der Waals surface area contributed by atoms with Crippen LogP contribution in [-0.2, 0) is 18.4 Å². The first-order valence-electron chi connectivity index (χ1n) is 8.19. The number of aromatic nitrogens is 2. The van der Waals surface area contributed by atoms with Crippen LogP contribution in [-0.4, -0.2) is 27.1 Å². The largest absolute Gasteiger partial charge is 0.338 e. The molecule has 0 bridgehead atoms. The molecule has 0 radical (unpaired) electrons. The minimum absolute atomic E-state index is 0.232. The summed E-state index contributed by atoms with van der Waals surface area (Å²) < 4.78 is 1.87. The molecule has 4 nitrogen and oxygen atoms in total. The van der Waals surface area contributed by atoms with Gasteiger partial charge in [-0.15, -0.1) is 0 Å². The van der Waals surface area contributed by atoms with E-state index >= 15 is 0 Å². The van der Waals surface area contributed by atoms with Gasteiger partial charge in [0, 0.05) is 37.8 Å². The number of piperidine rings is 1. The predicted octanol–water partition coefficient (Wildman–Crippen LogP) is 3.60. The van der Waals surface area contributed by atoms with Crippen LogP contribution in [0.2, 0.25) is 0 Å². The van der Waals surface area contributed by atoms with Gasteiger partial charge in [-0.1, -0.05) is 18.6 Å². The molecule has 1 aliphatic heterocycles. The fourth-order valence-electron chi connectivity index (χ4n) is 3.16. The summed E-state index contributed by atoms with van der Waals surface area (Å²) in [5, 5.41) is 4.28. The van der Waals surface area contributed by atoms with Gasteiger partial charge in [0.25, 0.3) is 0 Å². The average molecular weight is 303 g/mol. The van der Waals surface area contributed by atoms with Crippen LogP contribution in [0, 0.1) is 12.3 Å². The van der Waals surface area contributed by atoms with Crippen molar-refractivity contribution in [1.29, 1.82) is 0 Å². The molecule has 1 fully saturated rings. The molecule has 0 N–H and O–H groups in total. The maximum absolute atomic E-state index is 12.3. The van der Waals surface area contributed by atoms with E-state index in [2.05, 4.69) is 38.9 Å². The molecule has 4 heteroatoms.